The first kappa shape index (κ1) is 16.1. The summed E-state index contributed by atoms with van der Waals surface area (Å²) < 4.78 is 54.3. The minimum Gasteiger partial charge on any atom is -0.207 e. The fourth-order valence-corrected chi connectivity index (χ4v) is 4.85. The van der Waals surface area contributed by atoms with E-state index in [4.69, 9.17) is 0 Å². The van der Waals surface area contributed by atoms with Gasteiger partial charge in [-0.25, -0.2) is 17.2 Å². The number of halogens is 2. The van der Waals surface area contributed by atoms with E-state index in [1.807, 2.05) is 31.2 Å². The lowest BCUT2D eigenvalue weighted by molar-refractivity contribution is 0.392. The number of aryl methyl sites for hydroxylation is 1. The van der Waals surface area contributed by atoms with Crippen LogP contribution in [0.4, 0.5) is 8.78 Å². The van der Waals surface area contributed by atoms with Gasteiger partial charge in [0.25, 0.3) is 0 Å². The lowest BCUT2D eigenvalue weighted by Crippen LogP contribution is -2.31. The molecule has 1 heterocycles. The minimum atomic E-state index is -4.09. The van der Waals surface area contributed by atoms with Crippen LogP contribution >= 0.6 is 0 Å². The van der Waals surface area contributed by atoms with Crippen molar-refractivity contribution in [3.8, 4) is 0 Å². The quantitative estimate of drug-likeness (QED) is 0.854. The Bertz CT molecular complexity index is 836. The molecule has 23 heavy (non-hydrogen) atoms. The molecular formula is C17H17F2NO2S. The first-order valence-electron chi connectivity index (χ1n) is 7.43. The predicted octanol–water partition coefficient (Wildman–Crippen LogP) is 3.80. The van der Waals surface area contributed by atoms with E-state index < -0.39 is 26.6 Å². The molecule has 6 heteroatoms. The van der Waals surface area contributed by atoms with E-state index in [2.05, 4.69) is 0 Å². The highest BCUT2D eigenvalue weighted by atomic mass is 32.2. The largest absolute Gasteiger partial charge is 0.246 e. The maximum Gasteiger partial charge on any atom is 0.246 e. The van der Waals surface area contributed by atoms with E-state index in [0.29, 0.717) is 19.4 Å². The summed E-state index contributed by atoms with van der Waals surface area (Å²) in [6, 6.07) is 9.71. The van der Waals surface area contributed by atoms with E-state index >= 15 is 0 Å². The highest BCUT2D eigenvalue weighted by Gasteiger charge is 2.38. The van der Waals surface area contributed by atoms with Crippen molar-refractivity contribution >= 4 is 10.0 Å². The Morgan fingerprint density at radius 2 is 1.87 bits per heavy atom. The number of hydrogen-bond acceptors (Lipinski definition) is 2. The highest BCUT2D eigenvalue weighted by Crippen LogP contribution is 2.38. The smallest absolute Gasteiger partial charge is 0.207 e. The first-order valence-corrected chi connectivity index (χ1v) is 8.87. The summed E-state index contributed by atoms with van der Waals surface area (Å²) in [7, 11) is -4.09. The summed E-state index contributed by atoms with van der Waals surface area (Å²) in [5, 5.41) is 0. The van der Waals surface area contributed by atoms with Crippen LogP contribution in [0.1, 0.15) is 30.0 Å². The average molecular weight is 337 g/mol. The van der Waals surface area contributed by atoms with Crippen LogP contribution in [0, 0.1) is 18.6 Å². The maximum absolute atomic E-state index is 14.0. The highest BCUT2D eigenvalue weighted by molar-refractivity contribution is 7.89. The van der Waals surface area contributed by atoms with Crippen LogP contribution < -0.4 is 0 Å². The summed E-state index contributed by atoms with van der Waals surface area (Å²) in [6.07, 6.45) is 1.36. The zero-order valence-corrected chi connectivity index (χ0v) is 13.5. The predicted molar refractivity (Wildman–Crippen MR) is 83.4 cm³/mol. The van der Waals surface area contributed by atoms with E-state index in [1.54, 1.807) is 0 Å². The summed E-state index contributed by atoms with van der Waals surface area (Å²) in [4.78, 5) is -0.599. The second-order valence-electron chi connectivity index (χ2n) is 5.71. The fraction of sp³-hybridized carbons (Fsp3) is 0.294. The third kappa shape index (κ3) is 2.88. The van der Waals surface area contributed by atoms with Gasteiger partial charge in [0.2, 0.25) is 10.0 Å². The Morgan fingerprint density at radius 3 is 2.61 bits per heavy atom. The molecule has 0 saturated carbocycles. The molecule has 2 aromatic carbocycles. The average Bonchev–Trinajstić information content (AvgIpc) is 3.00. The van der Waals surface area contributed by atoms with Crippen LogP contribution in [0.15, 0.2) is 47.4 Å². The molecule has 1 aliphatic rings. The molecule has 1 fully saturated rings. The molecule has 1 atom stereocenters. The number of sulfonamides is 1. The molecule has 1 unspecified atom stereocenters. The summed E-state index contributed by atoms with van der Waals surface area (Å²) in [5.74, 6) is -1.70. The molecule has 0 aromatic heterocycles. The van der Waals surface area contributed by atoms with Gasteiger partial charge >= 0.3 is 0 Å². The summed E-state index contributed by atoms with van der Waals surface area (Å²) in [6.45, 7) is 2.22. The Labute approximate surface area is 134 Å². The second-order valence-corrected chi connectivity index (χ2v) is 7.56. The van der Waals surface area contributed by atoms with Gasteiger partial charge in [0.1, 0.15) is 16.5 Å². The summed E-state index contributed by atoms with van der Waals surface area (Å²) >= 11 is 0. The molecule has 122 valence electrons. The van der Waals surface area contributed by atoms with Gasteiger partial charge < -0.3 is 0 Å². The number of benzene rings is 2. The summed E-state index contributed by atoms with van der Waals surface area (Å²) in [5.41, 5.74) is 1.89. The molecule has 3 nitrogen and oxygen atoms in total. The van der Waals surface area contributed by atoms with Crippen molar-refractivity contribution in [2.24, 2.45) is 0 Å². The van der Waals surface area contributed by atoms with Crippen LogP contribution in [-0.2, 0) is 10.0 Å². The molecule has 2 aromatic rings. The van der Waals surface area contributed by atoms with Crippen molar-refractivity contribution in [1.82, 2.24) is 4.31 Å². The Hall–Kier alpha value is -1.79. The molecule has 1 saturated heterocycles. The van der Waals surface area contributed by atoms with Crippen LogP contribution in [0.5, 0.6) is 0 Å². The van der Waals surface area contributed by atoms with Crippen molar-refractivity contribution in [2.45, 2.75) is 30.7 Å². The lowest BCUT2D eigenvalue weighted by Gasteiger charge is -2.25. The third-order valence-electron chi connectivity index (χ3n) is 4.23. The Balaban J connectivity index is 2.05. The number of rotatable bonds is 3. The van der Waals surface area contributed by atoms with E-state index in [9.17, 15) is 17.2 Å². The topological polar surface area (TPSA) is 37.4 Å². The minimum absolute atomic E-state index is 0.303. The molecule has 0 spiro atoms. The van der Waals surface area contributed by atoms with Crippen LogP contribution in [-0.4, -0.2) is 19.3 Å². The van der Waals surface area contributed by atoms with Crippen molar-refractivity contribution in [2.75, 3.05) is 6.54 Å². The van der Waals surface area contributed by atoms with E-state index in [0.717, 1.165) is 29.3 Å². The van der Waals surface area contributed by atoms with Gasteiger partial charge in [-0.2, -0.15) is 4.31 Å². The normalized spacial score (nSPS) is 19.2. The molecule has 0 bridgehead atoms. The van der Waals surface area contributed by atoms with Gasteiger partial charge in [-0.1, -0.05) is 24.3 Å². The molecule has 1 aliphatic heterocycles. The van der Waals surface area contributed by atoms with Gasteiger partial charge in [0, 0.05) is 6.54 Å². The lowest BCUT2D eigenvalue weighted by atomic mass is 10.0. The standard InChI is InChI=1S/C17H17F2NO2S/c1-12-5-2-3-6-14(12)16-7-4-10-20(16)23(21,22)17-11-13(18)8-9-15(17)19/h2-3,5-6,8-9,11,16H,4,7,10H2,1H3. The zero-order chi connectivity index (χ0) is 16.6. The van der Waals surface area contributed by atoms with Crippen molar-refractivity contribution in [3.05, 3.63) is 65.2 Å². The number of nitrogens with zero attached hydrogens (tertiary/aromatic N) is 1. The van der Waals surface area contributed by atoms with Gasteiger partial charge in [0.05, 0.1) is 6.04 Å². The third-order valence-corrected chi connectivity index (χ3v) is 6.15. The van der Waals surface area contributed by atoms with E-state index in [-0.39, 0.29) is 6.04 Å². The molecule has 3 rings (SSSR count). The van der Waals surface area contributed by atoms with Crippen LogP contribution in [0.2, 0.25) is 0 Å². The van der Waals surface area contributed by atoms with Crippen LogP contribution in [0.25, 0.3) is 0 Å². The molecule has 0 N–H and O–H groups in total. The fourth-order valence-electron chi connectivity index (χ4n) is 3.10. The van der Waals surface area contributed by atoms with Crippen molar-refractivity contribution in [3.63, 3.8) is 0 Å². The van der Waals surface area contributed by atoms with Crippen LogP contribution in [0.3, 0.4) is 0 Å². The van der Waals surface area contributed by atoms with Crippen molar-refractivity contribution in [1.29, 1.82) is 0 Å². The Morgan fingerprint density at radius 1 is 1.13 bits per heavy atom. The maximum atomic E-state index is 14.0. The first-order chi connectivity index (χ1) is 10.9. The molecule has 0 amide bonds. The Kier molecular flexibility index (Phi) is 4.21. The monoisotopic (exact) mass is 337 g/mol. The number of hydrogen-bond donors (Lipinski definition) is 0. The molecule has 0 radical (unpaired) electrons. The van der Waals surface area contributed by atoms with Crippen molar-refractivity contribution < 1.29 is 17.2 Å². The van der Waals surface area contributed by atoms with Gasteiger partial charge in [-0.3, -0.25) is 0 Å². The van der Waals surface area contributed by atoms with Gasteiger partial charge in [-0.15, -0.1) is 0 Å². The van der Waals surface area contributed by atoms with Gasteiger partial charge in [0.15, 0.2) is 0 Å². The SMILES string of the molecule is Cc1ccccc1C1CCCN1S(=O)(=O)c1cc(F)ccc1F. The zero-order valence-electron chi connectivity index (χ0n) is 12.7. The molecule has 0 aliphatic carbocycles. The molecular weight excluding hydrogens is 320 g/mol. The van der Waals surface area contributed by atoms with Gasteiger partial charge in [-0.05, 0) is 49.1 Å². The second kappa shape index (κ2) is 6.02. The van der Waals surface area contributed by atoms with E-state index in [1.165, 1.54) is 4.31 Å².